The number of benzene rings is 1. The first kappa shape index (κ1) is 27.6. The van der Waals surface area contributed by atoms with Crippen LogP contribution in [0.3, 0.4) is 0 Å². The van der Waals surface area contributed by atoms with E-state index in [0.717, 1.165) is 18.3 Å². The molecule has 3 N–H and O–H groups in total. The molecule has 0 unspecified atom stereocenters. The largest absolute Gasteiger partial charge is 0.430 e. The molecular formula is C22H22F6N4O3S. The van der Waals surface area contributed by atoms with E-state index in [1.165, 1.54) is 16.4 Å². The Kier molecular flexibility index (Phi) is 7.50. The molecule has 0 spiro atoms. The van der Waals surface area contributed by atoms with Crippen molar-refractivity contribution in [2.24, 2.45) is 0 Å². The summed E-state index contributed by atoms with van der Waals surface area (Å²) >= 11 is 0. The average Bonchev–Trinajstić information content (AvgIpc) is 2.81. The Morgan fingerprint density at radius 2 is 1.67 bits per heavy atom. The van der Waals surface area contributed by atoms with Crippen LogP contribution < -0.4 is 10.6 Å². The van der Waals surface area contributed by atoms with E-state index in [-0.39, 0.29) is 36.0 Å². The molecule has 0 bridgehead atoms. The van der Waals surface area contributed by atoms with E-state index in [0.29, 0.717) is 18.6 Å². The van der Waals surface area contributed by atoms with Gasteiger partial charge in [-0.3, -0.25) is 0 Å². The lowest BCUT2D eigenvalue weighted by atomic mass is 9.92. The van der Waals surface area contributed by atoms with Gasteiger partial charge in [0.25, 0.3) is 5.60 Å². The number of pyridine rings is 1. The molecule has 0 amide bonds. The molecule has 2 aromatic rings. The lowest BCUT2D eigenvalue weighted by molar-refractivity contribution is -0.376. The highest BCUT2D eigenvalue weighted by atomic mass is 32.2. The number of rotatable bonds is 4. The molecular weight excluding hydrogens is 514 g/mol. The minimum absolute atomic E-state index is 0.0339. The SMILES string of the molecule is CCC#C[C@@H]1CN(S(=O)(=O)c2ccc(N)nc2)CCN1c1ccc(C(O)(C(F)(F)F)C(F)(F)F)cc1. The fourth-order valence-electron chi connectivity index (χ4n) is 3.70. The number of halogens is 6. The number of hydrogen-bond donors (Lipinski definition) is 2. The van der Waals surface area contributed by atoms with Gasteiger partial charge in [-0.25, -0.2) is 13.4 Å². The van der Waals surface area contributed by atoms with Gasteiger partial charge in [0.05, 0.1) is 0 Å². The number of nitrogens with two attached hydrogens (primary N) is 1. The van der Waals surface area contributed by atoms with Crippen molar-refractivity contribution < 1.29 is 39.9 Å². The van der Waals surface area contributed by atoms with Gasteiger partial charge in [0, 0.05) is 43.5 Å². The number of piperazine rings is 1. The van der Waals surface area contributed by atoms with E-state index < -0.39 is 39.6 Å². The van der Waals surface area contributed by atoms with Crippen molar-refractivity contribution in [3.63, 3.8) is 0 Å². The average molecular weight is 536 g/mol. The first-order valence-electron chi connectivity index (χ1n) is 10.6. The van der Waals surface area contributed by atoms with Gasteiger partial charge in [-0.15, -0.1) is 5.92 Å². The lowest BCUT2D eigenvalue weighted by Gasteiger charge is -2.40. The van der Waals surface area contributed by atoms with Gasteiger partial charge in [-0.2, -0.15) is 30.6 Å². The summed E-state index contributed by atoms with van der Waals surface area (Å²) in [6.07, 6.45) is -10.5. The van der Waals surface area contributed by atoms with Gasteiger partial charge >= 0.3 is 12.4 Å². The lowest BCUT2D eigenvalue weighted by Crippen LogP contribution is -2.55. The molecule has 1 fully saturated rings. The van der Waals surface area contributed by atoms with Gasteiger partial charge in [-0.05, 0) is 24.3 Å². The number of nitrogen functional groups attached to an aromatic ring is 1. The quantitative estimate of drug-likeness (QED) is 0.460. The number of hydrogen-bond acceptors (Lipinski definition) is 6. The molecule has 0 aliphatic carbocycles. The maximum Gasteiger partial charge on any atom is 0.430 e. The molecule has 0 saturated carbocycles. The number of anilines is 2. The topological polar surface area (TPSA) is 99.8 Å². The predicted octanol–water partition coefficient (Wildman–Crippen LogP) is 3.27. The molecule has 1 aliphatic rings. The molecule has 3 rings (SSSR count). The summed E-state index contributed by atoms with van der Waals surface area (Å²) in [7, 11) is -3.96. The minimum Gasteiger partial charge on any atom is -0.384 e. The van der Waals surface area contributed by atoms with E-state index in [9.17, 15) is 39.9 Å². The van der Waals surface area contributed by atoms with Crippen LogP contribution in [-0.2, 0) is 15.6 Å². The predicted molar refractivity (Wildman–Crippen MR) is 119 cm³/mol. The maximum absolute atomic E-state index is 13.2. The smallest absolute Gasteiger partial charge is 0.384 e. The molecule has 1 aromatic carbocycles. The summed E-state index contributed by atoms with van der Waals surface area (Å²) < 4.78 is 106. The molecule has 1 aliphatic heterocycles. The highest BCUT2D eigenvalue weighted by molar-refractivity contribution is 7.89. The van der Waals surface area contributed by atoms with Crippen LogP contribution in [0.15, 0.2) is 47.5 Å². The van der Waals surface area contributed by atoms with Crippen molar-refractivity contribution in [2.45, 2.75) is 42.2 Å². The van der Waals surface area contributed by atoms with Crippen LogP contribution in [0, 0.1) is 11.8 Å². The maximum atomic E-state index is 13.2. The van der Waals surface area contributed by atoms with Crippen molar-refractivity contribution in [2.75, 3.05) is 30.3 Å². The van der Waals surface area contributed by atoms with Gasteiger partial charge in [-0.1, -0.05) is 25.0 Å². The van der Waals surface area contributed by atoms with E-state index in [2.05, 4.69) is 16.8 Å². The third-order valence-electron chi connectivity index (χ3n) is 5.62. The third kappa shape index (κ3) is 5.09. The summed E-state index contributed by atoms with van der Waals surface area (Å²) in [5.74, 6) is 5.87. The normalized spacial score (nSPS) is 18.0. The minimum atomic E-state index is -6.00. The highest BCUT2D eigenvalue weighted by Crippen LogP contribution is 2.50. The van der Waals surface area contributed by atoms with Crippen LogP contribution in [0.2, 0.25) is 0 Å². The summed E-state index contributed by atoms with van der Waals surface area (Å²) in [4.78, 5) is 5.28. The van der Waals surface area contributed by atoms with Gasteiger partial charge in [0.15, 0.2) is 0 Å². The van der Waals surface area contributed by atoms with E-state index in [1.54, 1.807) is 11.8 Å². The van der Waals surface area contributed by atoms with Crippen molar-refractivity contribution in [1.82, 2.24) is 9.29 Å². The number of sulfonamides is 1. The monoisotopic (exact) mass is 536 g/mol. The van der Waals surface area contributed by atoms with Crippen LogP contribution in [0.5, 0.6) is 0 Å². The van der Waals surface area contributed by atoms with Gasteiger partial charge in [0.2, 0.25) is 10.0 Å². The van der Waals surface area contributed by atoms with Crippen molar-refractivity contribution in [3.8, 4) is 11.8 Å². The van der Waals surface area contributed by atoms with Crippen LogP contribution in [0.4, 0.5) is 37.8 Å². The van der Waals surface area contributed by atoms with Crippen molar-refractivity contribution in [1.29, 1.82) is 0 Å². The van der Waals surface area contributed by atoms with Crippen LogP contribution in [0.1, 0.15) is 18.9 Å². The molecule has 7 nitrogen and oxygen atoms in total. The van der Waals surface area contributed by atoms with Crippen LogP contribution >= 0.6 is 0 Å². The first-order chi connectivity index (χ1) is 16.6. The van der Waals surface area contributed by atoms with E-state index >= 15 is 0 Å². The molecule has 2 heterocycles. The molecule has 1 saturated heterocycles. The third-order valence-corrected chi connectivity index (χ3v) is 7.47. The highest BCUT2D eigenvalue weighted by Gasteiger charge is 2.71. The first-order valence-corrected chi connectivity index (χ1v) is 12.0. The Morgan fingerprint density at radius 3 is 2.17 bits per heavy atom. The molecule has 196 valence electrons. The standard InChI is InChI=1S/C22H22F6N4O3S/c1-2-3-4-17-14-31(36(34,35)18-9-10-19(29)30-13-18)11-12-32(17)16-7-5-15(6-8-16)20(33,21(23,24)25)22(26,27)28/h5-10,13,17,33H,2,11-12,14H2,1H3,(H2,29,30)/t17-/m1/s1. The van der Waals surface area contributed by atoms with Crippen LogP contribution in [-0.4, -0.2) is 60.8 Å². The van der Waals surface area contributed by atoms with Crippen molar-refractivity contribution in [3.05, 3.63) is 48.2 Å². The second kappa shape index (κ2) is 9.79. The fraction of sp³-hybridized carbons (Fsp3) is 0.409. The Labute approximate surface area is 203 Å². The Balaban J connectivity index is 1.92. The fourth-order valence-corrected chi connectivity index (χ4v) is 5.09. The Bertz CT molecular complexity index is 1220. The molecule has 1 atom stereocenters. The second-order valence-corrected chi connectivity index (χ2v) is 9.86. The van der Waals surface area contributed by atoms with Gasteiger partial charge < -0.3 is 15.7 Å². The molecule has 1 aromatic heterocycles. The molecule has 0 radical (unpaired) electrons. The number of nitrogens with zero attached hydrogens (tertiary/aromatic N) is 3. The number of aromatic nitrogens is 1. The Hall–Kier alpha value is -3.02. The summed E-state index contributed by atoms with van der Waals surface area (Å²) in [5, 5.41) is 9.60. The number of alkyl halides is 6. The summed E-state index contributed by atoms with van der Waals surface area (Å²) in [5.41, 5.74) is -0.708. The van der Waals surface area contributed by atoms with E-state index in [1.807, 2.05) is 0 Å². The zero-order chi connectivity index (χ0) is 26.9. The zero-order valence-electron chi connectivity index (χ0n) is 18.8. The van der Waals surface area contributed by atoms with Crippen LogP contribution in [0.25, 0.3) is 0 Å². The second-order valence-electron chi connectivity index (χ2n) is 7.92. The van der Waals surface area contributed by atoms with Crippen molar-refractivity contribution >= 4 is 21.5 Å². The van der Waals surface area contributed by atoms with E-state index in [4.69, 9.17) is 5.73 Å². The molecule has 14 heteroatoms. The summed E-state index contributed by atoms with van der Waals surface area (Å²) in [6, 6.07) is 5.00. The van der Waals surface area contributed by atoms with Gasteiger partial charge in [0.1, 0.15) is 16.8 Å². The Morgan fingerprint density at radius 1 is 1.06 bits per heavy atom. The summed E-state index contributed by atoms with van der Waals surface area (Å²) in [6.45, 7) is 1.66. The number of aliphatic hydroxyl groups is 1. The molecule has 36 heavy (non-hydrogen) atoms. The zero-order valence-corrected chi connectivity index (χ0v) is 19.6.